The van der Waals surface area contributed by atoms with Crippen LogP contribution in [0, 0.1) is 17.5 Å². The number of hydrogen-bond acceptors (Lipinski definition) is 4. The van der Waals surface area contributed by atoms with Crippen molar-refractivity contribution in [1.29, 1.82) is 0 Å². The third kappa shape index (κ3) is 5.48. The second-order valence-electron chi connectivity index (χ2n) is 15.7. The zero-order chi connectivity index (χ0) is 41.5. The van der Waals surface area contributed by atoms with Gasteiger partial charge >= 0.3 is 0 Å². The minimum Gasteiger partial charge on any atom is -0.456 e. The molecule has 2 aliphatic rings. The second-order valence-corrected chi connectivity index (χ2v) is 16.7. The third-order valence-corrected chi connectivity index (χ3v) is 13.4. The summed E-state index contributed by atoms with van der Waals surface area (Å²) in [4.78, 5) is 6.62. The lowest BCUT2D eigenvalue weighted by atomic mass is 9.67. The summed E-state index contributed by atoms with van der Waals surface area (Å²) in [6.45, 7) is 0. The van der Waals surface area contributed by atoms with Crippen molar-refractivity contribution in [3.05, 3.63) is 240 Å². The predicted octanol–water partition coefficient (Wildman–Crippen LogP) is 15.8. The van der Waals surface area contributed by atoms with E-state index in [2.05, 4.69) is 108 Å². The molecule has 0 fully saturated rings. The van der Waals surface area contributed by atoms with Crippen LogP contribution >= 0.6 is 11.8 Å². The van der Waals surface area contributed by atoms with Gasteiger partial charge in [-0.25, -0.2) is 13.2 Å². The highest BCUT2D eigenvalue weighted by molar-refractivity contribution is 7.99. The highest BCUT2D eigenvalue weighted by atomic mass is 32.2. The first kappa shape index (κ1) is 36.4. The Balaban J connectivity index is 1.18. The lowest BCUT2D eigenvalue weighted by molar-refractivity contribution is 0.626. The SMILES string of the molecule is Fc1ccc(N(c2ccc(F)cc2)c2cc3oc4ccc(F)cc4c3cc2N(c2ccccc2)c2ccc3c(c2)C2(c4ccccc4Sc4ccccc42)c2ccccc2-3)cc1. The molecule has 0 amide bonds. The zero-order valence-corrected chi connectivity index (χ0v) is 33.7. The Labute approximate surface area is 359 Å². The molecule has 2 heterocycles. The lowest BCUT2D eigenvalue weighted by Gasteiger charge is -2.40. The molecule has 1 aromatic heterocycles. The molecule has 0 saturated carbocycles. The van der Waals surface area contributed by atoms with Crippen molar-refractivity contribution in [1.82, 2.24) is 0 Å². The van der Waals surface area contributed by atoms with Gasteiger partial charge in [0.15, 0.2) is 0 Å². The Morgan fingerprint density at radius 1 is 0.371 bits per heavy atom. The fraction of sp³-hybridized carbons (Fsp3) is 0.0182. The molecule has 12 rings (SSSR count). The van der Waals surface area contributed by atoms with E-state index in [9.17, 15) is 8.78 Å². The predicted molar refractivity (Wildman–Crippen MR) is 244 cm³/mol. The Morgan fingerprint density at radius 2 is 0.871 bits per heavy atom. The van der Waals surface area contributed by atoms with Crippen molar-refractivity contribution in [3.8, 4) is 11.1 Å². The standard InChI is InChI=1S/C55H33F3N2OS/c56-34-18-23-38(24-19-34)59(39-25-20-35(57)21-26-39)50-33-52-44(43-30-36(58)22-29-51(43)61-52)32-49(50)60(37-10-2-1-3-11-37)40-27-28-42-41-12-4-5-13-45(41)55(48(42)31-40)46-14-6-8-16-53(46)62-54-17-9-7-15-47(54)55/h1-33H. The fourth-order valence-corrected chi connectivity index (χ4v) is 10.9. The van der Waals surface area contributed by atoms with Crippen LogP contribution in [0.4, 0.5) is 47.3 Å². The summed E-state index contributed by atoms with van der Waals surface area (Å²) in [6.07, 6.45) is 0. The van der Waals surface area contributed by atoms with Gasteiger partial charge < -0.3 is 14.2 Å². The van der Waals surface area contributed by atoms with Crippen molar-refractivity contribution >= 4 is 67.8 Å². The van der Waals surface area contributed by atoms with Crippen LogP contribution in [0.1, 0.15) is 22.3 Å². The number of halogens is 3. The van der Waals surface area contributed by atoms with Crippen molar-refractivity contribution in [2.45, 2.75) is 15.2 Å². The van der Waals surface area contributed by atoms with Gasteiger partial charge in [-0.2, -0.15) is 0 Å². The number of fused-ring (bicyclic) bond motifs is 12. The molecule has 1 spiro atoms. The van der Waals surface area contributed by atoms with Gasteiger partial charge in [0.1, 0.15) is 28.6 Å². The Kier molecular flexibility index (Phi) is 8.24. The van der Waals surface area contributed by atoms with Gasteiger partial charge in [0.2, 0.25) is 0 Å². The fourth-order valence-electron chi connectivity index (χ4n) is 9.72. The zero-order valence-electron chi connectivity index (χ0n) is 32.9. The van der Waals surface area contributed by atoms with E-state index < -0.39 is 5.41 Å². The van der Waals surface area contributed by atoms with Gasteiger partial charge in [0.05, 0.1) is 16.8 Å². The average molecular weight is 827 g/mol. The first-order chi connectivity index (χ1) is 30.5. The Bertz CT molecular complexity index is 3290. The first-order valence-electron chi connectivity index (χ1n) is 20.4. The number of furan rings is 1. The summed E-state index contributed by atoms with van der Waals surface area (Å²) in [5.74, 6) is -1.14. The summed E-state index contributed by atoms with van der Waals surface area (Å²) in [5.41, 5.74) is 12.1. The van der Waals surface area contributed by atoms with Gasteiger partial charge in [-0.05, 0) is 143 Å². The van der Waals surface area contributed by atoms with Gasteiger partial charge in [-0.1, -0.05) is 96.7 Å². The molecule has 0 unspecified atom stereocenters. The first-order valence-corrected chi connectivity index (χ1v) is 21.2. The Hall–Kier alpha value is -7.48. The van der Waals surface area contributed by atoms with Crippen LogP contribution < -0.4 is 9.80 Å². The number of nitrogens with zero attached hydrogens (tertiary/aromatic N) is 2. The molecule has 1 aliphatic carbocycles. The van der Waals surface area contributed by atoms with Crippen LogP contribution in [0.25, 0.3) is 33.1 Å². The van der Waals surface area contributed by atoms with E-state index in [0.717, 1.165) is 33.6 Å². The van der Waals surface area contributed by atoms with Crippen LogP contribution in [0.2, 0.25) is 0 Å². The van der Waals surface area contributed by atoms with Crippen LogP contribution in [-0.2, 0) is 5.41 Å². The van der Waals surface area contributed by atoms with Crippen LogP contribution in [0.3, 0.4) is 0 Å². The number of rotatable bonds is 6. The molecule has 0 radical (unpaired) electrons. The number of benzene rings is 9. The molecule has 0 atom stereocenters. The third-order valence-electron chi connectivity index (χ3n) is 12.3. The molecular formula is C55H33F3N2OS. The largest absolute Gasteiger partial charge is 0.456 e. The maximum Gasteiger partial charge on any atom is 0.137 e. The van der Waals surface area contributed by atoms with Crippen molar-refractivity contribution in [3.63, 3.8) is 0 Å². The molecule has 7 heteroatoms. The van der Waals surface area contributed by atoms with E-state index in [1.165, 1.54) is 68.4 Å². The van der Waals surface area contributed by atoms with E-state index in [4.69, 9.17) is 4.42 Å². The molecule has 1 aliphatic heterocycles. The Morgan fingerprint density at radius 3 is 1.55 bits per heavy atom. The highest BCUT2D eigenvalue weighted by Gasteiger charge is 2.50. The summed E-state index contributed by atoms with van der Waals surface area (Å²) in [6, 6.07) is 64.1. The van der Waals surface area contributed by atoms with Crippen LogP contribution in [-0.4, -0.2) is 0 Å². The second kappa shape index (κ2) is 14.0. The van der Waals surface area contributed by atoms with E-state index in [0.29, 0.717) is 33.6 Å². The number of anilines is 6. The summed E-state index contributed by atoms with van der Waals surface area (Å²) >= 11 is 1.80. The van der Waals surface area contributed by atoms with E-state index in [1.807, 2.05) is 35.2 Å². The van der Waals surface area contributed by atoms with Crippen LogP contribution in [0.5, 0.6) is 0 Å². The number of para-hydroxylation sites is 1. The highest BCUT2D eigenvalue weighted by Crippen LogP contribution is 2.63. The smallest absolute Gasteiger partial charge is 0.137 e. The van der Waals surface area contributed by atoms with Crippen molar-refractivity contribution in [2.24, 2.45) is 0 Å². The lowest BCUT2D eigenvalue weighted by Crippen LogP contribution is -2.32. The summed E-state index contributed by atoms with van der Waals surface area (Å²) in [5, 5.41) is 1.35. The molecule has 0 N–H and O–H groups in total. The van der Waals surface area contributed by atoms with Crippen molar-refractivity contribution < 1.29 is 17.6 Å². The maximum atomic E-state index is 15.0. The number of hydrogen-bond donors (Lipinski definition) is 0. The van der Waals surface area contributed by atoms with Gasteiger partial charge in [0, 0.05) is 49.4 Å². The molecule has 0 saturated heterocycles. The van der Waals surface area contributed by atoms with Gasteiger partial charge in [0.25, 0.3) is 0 Å². The topological polar surface area (TPSA) is 19.6 Å². The van der Waals surface area contributed by atoms with Crippen molar-refractivity contribution in [2.75, 3.05) is 9.80 Å². The monoisotopic (exact) mass is 826 g/mol. The minimum atomic E-state index is -0.623. The average Bonchev–Trinajstić information content (AvgIpc) is 3.80. The van der Waals surface area contributed by atoms with Gasteiger partial charge in [-0.3, -0.25) is 0 Å². The van der Waals surface area contributed by atoms with E-state index >= 15 is 4.39 Å². The molecule has 296 valence electrons. The summed E-state index contributed by atoms with van der Waals surface area (Å²) < 4.78 is 50.8. The quantitative estimate of drug-likeness (QED) is 0.166. The molecule has 0 bridgehead atoms. The molecule has 10 aromatic rings. The summed E-state index contributed by atoms with van der Waals surface area (Å²) in [7, 11) is 0. The van der Waals surface area contributed by atoms with Crippen LogP contribution in [0.15, 0.2) is 214 Å². The molecule has 3 nitrogen and oxygen atoms in total. The molecule has 62 heavy (non-hydrogen) atoms. The normalized spacial score (nSPS) is 13.1. The maximum absolute atomic E-state index is 15.0. The van der Waals surface area contributed by atoms with E-state index in [-0.39, 0.29) is 17.5 Å². The minimum absolute atomic E-state index is 0.375. The van der Waals surface area contributed by atoms with Gasteiger partial charge in [-0.15, -0.1) is 0 Å². The van der Waals surface area contributed by atoms with E-state index in [1.54, 1.807) is 42.1 Å². The molecule has 9 aromatic carbocycles. The molecular weight excluding hydrogens is 794 g/mol.